The first-order valence-corrected chi connectivity index (χ1v) is 4.94. The zero-order valence-electron chi connectivity index (χ0n) is 8.52. The lowest BCUT2D eigenvalue weighted by Gasteiger charge is -2.11. The summed E-state index contributed by atoms with van der Waals surface area (Å²) in [5.41, 5.74) is 6.32. The summed E-state index contributed by atoms with van der Waals surface area (Å²) in [6.45, 7) is 1.51. The maximum Gasteiger partial charge on any atom is 0.119 e. The van der Waals surface area contributed by atoms with Crippen LogP contribution in [0.5, 0.6) is 5.75 Å². The summed E-state index contributed by atoms with van der Waals surface area (Å²) in [4.78, 5) is 0. The molecule has 0 saturated carbocycles. The number of nitrogens with two attached hydrogens (primary N) is 1. The predicted molar refractivity (Wildman–Crippen MR) is 62.6 cm³/mol. The highest BCUT2D eigenvalue weighted by molar-refractivity contribution is 5.85. The zero-order valence-corrected chi connectivity index (χ0v) is 9.33. The van der Waals surface area contributed by atoms with Crippen molar-refractivity contribution in [1.82, 2.24) is 0 Å². The molecule has 1 aliphatic heterocycles. The molecule has 3 nitrogen and oxygen atoms in total. The van der Waals surface area contributed by atoms with E-state index in [4.69, 9.17) is 15.2 Å². The lowest BCUT2D eigenvalue weighted by atomic mass is 10.2. The van der Waals surface area contributed by atoms with E-state index in [0.29, 0.717) is 6.61 Å². The summed E-state index contributed by atoms with van der Waals surface area (Å²) in [5.74, 6) is 0.856. The normalized spacial score (nSPS) is 19.6. The van der Waals surface area contributed by atoms with Crippen molar-refractivity contribution in [3.63, 3.8) is 0 Å². The highest BCUT2D eigenvalue weighted by Gasteiger charge is 2.15. The van der Waals surface area contributed by atoms with E-state index in [9.17, 15) is 0 Å². The van der Waals surface area contributed by atoms with Gasteiger partial charge in [0.15, 0.2) is 0 Å². The molecule has 2 N–H and O–H groups in total. The topological polar surface area (TPSA) is 44.5 Å². The van der Waals surface area contributed by atoms with Crippen molar-refractivity contribution in [2.24, 2.45) is 0 Å². The van der Waals surface area contributed by atoms with Crippen LogP contribution < -0.4 is 10.5 Å². The van der Waals surface area contributed by atoms with Crippen LogP contribution in [-0.2, 0) is 4.74 Å². The van der Waals surface area contributed by atoms with Crippen LogP contribution in [0.15, 0.2) is 24.3 Å². The number of ether oxygens (including phenoxy) is 2. The van der Waals surface area contributed by atoms with Gasteiger partial charge in [0.25, 0.3) is 0 Å². The Bertz CT molecular complexity index is 283. The van der Waals surface area contributed by atoms with Gasteiger partial charge in [-0.2, -0.15) is 0 Å². The molecule has 1 atom stereocenters. The smallest absolute Gasteiger partial charge is 0.119 e. The fourth-order valence-corrected chi connectivity index (χ4v) is 1.53. The molecule has 1 saturated heterocycles. The fraction of sp³-hybridized carbons (Fsp3) is 0.455. The predicted octanol–water partition coefficient (Wildman–Crippen LogP) is 2.25. The molecular formula is C11H16ClNO2. The molecule has 2 rings (SSSR count). The fourth-order valence-electron chi connectivity index (χ4n) is 1.53. The Labute approximate surface area is 96.0 Å². The van der Waals surface area contributed by atoms with E-state index in [1.165, 1.54) is 0 Å². The first-order valence-electron chi connectivity index (χ1n) is 4.94. The second kappa shape index (κ2) is 5.83. The Hall–Kier alpha value is -0.930. The highest BCUT2D eigenvalue weighted by Crippen LogP contribution is 2.16. The Morgan fingerprint density at radius 1 is 1.33 bits per heavy atom. The Balaban J connectivity index is 0.00000112. The minimum atomic E-state index is 0. The number of hydrogen-bond donors (Lipinski definition) is 1. The molecule has 4 heteroatoms. The summed E-state index contributed by atoms with van der Waals surface area (Å²) in [7, 11) is 0. The lowest BCUT2D eigenvalue weighted by molar-refractivity contribution is 0.0679. The van der Waals surface area contributed by atoms with Crippen LogP contribution >= 0.6 is 12.4 Å². The van der Waals surface area contributed by atoms with Gasteiger partial charge in [-0.15, -0.1) is 12.4 Å². The minimum Gasteiger partial charge on any atom is -0.491 e. The standard InChI is InChI=1S/C11H15NO2.ClH/c12-9-3-5-10(6-4-9)14-8-11-2-1-7-13-11;/h3-6,11H,1-2,7-8,12H2;1H. The molecular weight excluding hydrogens is 214 g/mol. The molecule has 0 aromatic heterocycles. The SMILES string of the molecule is Cl.Nc1ccc(OCC2CCCO2)cc1. The summed E-state index contributed by atoms with van der Waals surface area (Å²) >= 11 is 0. The molecule has 1 aliphatic rings. The molecule has 0 radical (unpaired) electrons. The first-order chi connectivity index (χ1) is 6.84. The van der Waals surface area contributed by atoms with Crippen molar-refractivity contribution in [2.45, 2.75) is 18.9 Å². The number of anilines is 1. The third-order valence-corrected chi connectivity index (χ3v) is 2.34. The average Bonchev–Trinajstić information content (AvgIpc) is 2.70. The van der Waals surface area contributed by atoms with Crippen molar-refractivity contribution < 1.29 is 9.47 Å². The van der Waals surface area contributed by atoms with Gasteiger partial charge in [0.05, 0.1) is 6.10 Å². The minimum absolute atomic E-state index is 0. The van der Waals surface area contributed by atoms with Crippen molar-refractivity contribution in [3.05, 3.63) is 24.3 Å². The van der Waals surface area contributed by atoms with E-state index in [2.05, 4.69) is 0 Å². The summed E-state index contributed by atoms with van der Waals surface area (Å²) in [5, 5.41) is 0. The Morgan fingerprint density at radius 3 is 2.67 bits per heavy atom. The molecule has 1 heterocycles. The van der Waals surface area contributed by atoms with Gasteiger partial charge < -0.3 is 15.2 Å². The molecule has 1 fully saturated rings. The number of nitrogen functional groups attached to an aromatic ring is 1. The first kappa shape index (κ1) is 12.1. The van der Waals surface area contributed by atoms with Gasteiger partial charge in [-0.25, -0.2) is 0 Å². The summed E-state index contributed by atoms with van der Waals surface area (Å²) in [6.07, 6.45) is 2.53. The van der Waals surface area contributed by atoms with Crippen molar-refractivity contribution >= 4 is 18.1 Å². The van der Waals surface area contributed by atoms with Crippen molar-refractivity contribution in [1.29, 1.82) is 0 Å². The second-order valence-corrected chi connectivity index (χ2v) is 3.52. The van der Waals surface area contributed by atoms with Crippen LogP contribution in [0.2, 0.25) is 0 Å². The highest BCUT2D eigenvalue weighted by atomic mass is 35.5. The van der Waals surface area contributed by atoms with Crippen molar-refractivity contribution in [3.8, 4) is 5.75 Å². The summed E-state index contributed by atoms with van der Waals surface area (Å²) < 4.78 is 11.0. The number of rotatable bonds is 3. The van der Waals surface area contributed by atoms with E-state index < -0.39 is 0 Å². The maximum absolute atomic E-state index is 5.56. The molecule has 1 unspecified atom stereocenters. The van der Waals surface area contributed by atoms with Crippen LogP contribution in [0.25, 0.3) is 0 Å². The van der Waals surface area contributed by atoms with E-state index in [1.54, 1.807) is 0 Å². The molecule has 0 spiro atoms. The van der Waals surface area contributed by atoms with Gasteiger partial charge in [0.1, 0.15) is 12.4 Å². The van der Waals surface area contributed by atoms with Crippen molar-refractivity contribution in [2.75, 3.05) is 18.9 Å². The summed E-state index contributed by atoms with van der Waals surface area (Å²) in [6, 6.07) is 7.43. The molecule has 0 amide bonds. The van der Waals surface area contributed by atoms with Crippen LogP contribution in [0.3, 0.4) is 0 Å². The van der Waals surface area contributed by atoms with Crippen LogP contribution in [-0.4, -0.2) is 19.3 Å². The average molecular weight is 230 g/mol. The lowest BCUT2D eigenvalue weighted by Crippen LogP contribution is -2.16. The van der Waals surface area contributed by atoms with Gasteiger partial charge >= 0.3 is 0 Å². The van der Waals surface area contributed by atoms with E-state index in [0.717, 1.165) is 30.9 Å². The molecule has 84 valence electrons. The molecule has 1 aromatic carbocycles. The van der Waals surface area contributed by atoms with Gasteiger partial charge in [-0.1, -0.05) is 0 Å². The van der Waals surface area contributed by atoms with Gasteiger partial charge in [-0.05, 0) is 37.1 Å². The molecule has 0 bridgehead atoms. The molecule has 15 heavy (non-hydrogen) atoms. The third kappa shape index (κ3) is 3.61. The van der Waals surface area contributed by atoms with E-state index in [1.807, 2.05) is 24.3 Å². The Kier molecular flexibility index (Phi) is 4.72. The quantitative estimate of drug-likeness (QED) is 0.809. The van der Waals surface area contributed by atoms with Gasteiger partial charge in [0.2, 0.25) is 0 Å². The largest absolute Gasteiger partial charge is 0.491 e. The number of benzene rings is 1. The monoisotopic (exact) mass is 229 g/mol. The van der Waals surface area contributed by atoms with Crippen LogP contribution in [0.4, 0.5) is 5.69 Å². The zero-order chi connectivity index (χ0) is 9.80. The Morgan fingerprint density at radius 2 is 2.07 bits per heavy atom. The molecule has 1 aromatic rings. The van der Waals surface area contributed by atoms with Gasteiger partial charge in [0, 0.05) is 12.3 Å². The van der Waals surface area contributed by atoms with Crippen LogP contribution in [0.1, 0.15) is 12.8 Å². The van der Waals surface area contributed by atoms with Crippen LogP contribution in [0, 0.1) is 0 Å². The van der Waals surface area contributed by atoms with Gasteiger partial charge in [-0.3, -0.25) is 0 Å². The van der Waals surface area contributed by atoms with E-state index in [-0.39, 0.29) is 18.5 Å². The molecule has 0 aliphatic carbocycles. The number of hydrogen-bond acceptors (Lipinski definition) is 3. The second-order valence-electron chi connectivity index (χ2n) is 3.52. The maximum atomic E-state index is 5.56. The third-order valence-electron chi connectivity index (χ3n) is 2.34. The van der Waals surface area contributed by atoms with E-state index >= 15 is 0 Å². The number of halogens is 1.